The van der Waals surface area contributed by atoms with E-state index in [0.717, 1.165) is 10.8 Å². The van der Waals surface area contributed by atoms with Gasteiger partial charge in [-0.25, -0.2) is 21.1 Å². The molecule has 2 aliphatic rings. The summed E-state index contributed by atoms with van der Waals surface area (Å²) in [5, 5.41) is 0. The van der Waals surface area contributed by atoms with Crippen LogP contribution < -0.4 is 4.31 Å². The molecule has 0 aliphatic carbocycles. The maximum Gasteiger partial charge on any atom is 0.244 e. The van der Waals surface area contributed by atoms with Crippen LogP contribution in [0.5, 0.6) is 0 Å². The molecule has 2 aromatic carbocycles. The van der Waals surface area contributed by atoms with E-state index < -0.39 is 31.9 Å². The van der Waals surface area contributed by atoms with Gasteiger partial charge in [-0.1, -0.05) is 37.3 Å². The summed E-state index contributed by atoms with van der Waals surface area (Å²) in [6, 6.07) is 15.5. The van der Waals surface area contributed by atoms with Crippen LogP contribution in [0.1, 0.15) is 12.5 Å². The van der Waals surface area contributed by atoms with Gasteiger partial charge in [-0.15, -0.1) is 0 Å². The largest absolute Gasteiger partial charge is 0.296 e. The third kappa shape index (κ3) is 4.38. The average Bonchev–Trinajstić information content (AvgIpc) is 2.95. The topological polar surface area (TPSA) is 95.1 Å². The maximum atomic E-state index is 13.0. The van der Waals surface area contributed by atoms with Crippen LogP contribution >= 0.6 is 0 Å². The molecule has 2 heterocycles. The highest BCUT2D eigenvalue weighted by atomic mass is 32.2. The highest BCUT2D eigenvalue weighted by Crippen LogP contribution is 2.29. The molecule has 166 valence electrons. The van der Waals surface area contributed by atoms with Crippen molar-refractivity contribution in [3.05, 3.63) is 60.2 Å². The molecule has 0 radical (unpaired) electrons. The van der Waals surface area contributed by atoms with E-state index in [1.165, 1.54) is 34.1 Å². The number of anilines is 1. The summed E-state index contributed by atoms with van der Waals surface area (Å²) in [4.78, 5) is 14.5. The Morgan fingerprint density at radius 3 is 2.10 bits per heavy atom. The fourth-order valence-corrected chi connectivity index (χ4v) is 7.20. The number of nitrogens with zero attached hydrogens (tertiary/aromatic N) is 3. The Morgan fingerprint density at radius 2 is 1.55 bits per heavy atom. The first-order valence-electron chi connectivity index (χ1n) is 10.1. The number of hydrogen-bond donors (Lipinski definition) is 0. The normalized spacial score (nSPS) is 22.7. The van der Waals surface area contributed by atoms with Gasteiger partial charge in [0.25, 0.3) is 0 Å². The van der Waals surface area contributed by atoms with Crippen LogP contribution in [-0.4, -0.2) is 63.9 Å². The van der Waals surface area contributed by atoms with Crippen molar-refractivity contribution >= 4 is 31.6 Å². The zero-order valence-corrected chi connectivity index (χ0v) is 18.8. The Kier molecular flexibility index (Phi) is 5.91. The van der Waals surface area contributed by atoms with Gasteiger partial charge in [0.1, 0.15) is 0 Å². The van der Waals surface area contributed by atoms with E-state index in [4.69, 9.17) is 0 Å². The second kappa shape index (κ2) is 8.34. The van der Waals surface area contributed by atoms with E-state index in [9.17, 15) is 21.6 Å². The molecule has 4 rings (SSSR count). The Balaban J connectivity index is 1.44. The molecule has 1 atom stereocenters. The molecule has 1 amide bonds. The first-order chi connectivity index (χ1) is 14.7. The second-order valence-corrected chi connectivity index (χ2v) is 11.7. The molecule has 0 bridgehead atoms. The minimum absolute atomic E-state index is 0.0878. The molecule has 2 aliphatic heterocycles. The lowest BCUT2D eigenvalue weighted by atomic mass is 10.2. The van der Waals surface area contributed by atoms with Gasteiger partial charge in [-0.3, -0.25) is 9.69 Å². The summed E-state index contributed by atoms with van der Waals surface area (Å²) in [7, 11) is -7.42. The lowest BCUT2D eigenvalue weighted by Crippen LogP contribution is -2.48. The number of hydrogen-bond acceptors (Lipinski definition) is 6. The van der Waals surface area contributed by atoms with Crippen molar-refractivity contribution in [2.24, 2.45) is 5.92 Å². The average molecular weight is 464 g/mol. The van der Waals surface area contributed by atoms with Gasteiger partial charge in [0, 0.05) is 32.7 Å². The van der Waals surface area contributed by atoms with Crippen LogP contribution in [0, 0.1) is 5.92 Å². The molecule has 10 heteroatoms. The molecule has 2 aromatic rings. The van der Waals surface area contributed by atoms with Crippen LogP contribution in [0.15, 0.2) is 59.5 Å². The quantitative estimate of drug-likeness (QED) is 0.667. The molecular weight excluding hydrogens is 438 g/mol. The number of carbonyl (C=O) groups excluding carboxylic acids is 1. The van der Waals surface area contributed by atoms with Crippen molar-refractivity contribution in [1.29, 1.82) is 0 Å². The number of carbonyl (C=O) groups is 1. The third-order valence-corrected chi connectivity index (χ3v) is 9.43. The van der Waals surface area contributed by atoms with Crippen LogP contribution in [0.3, 0.4) is 0 Å². The Bertz CT molecular complexity index is 1160. The highest BCUT2D eigenvalue weighted by Gasteiger charge is 2.42. The standard InChI is InChI=1S/C21H25N3O5S2/c1-17-16-30(26,27)24(21(17)25)19-7-9-20(10-8-19)31(28,29)23-13-11-22(12-14-23)15-18-5-3-2-4-6-18/h2-10,17H,11-16H2,1H3. The maximum absolute atomic E-state index is 13.0. The van der Waals surface area contributed by atoms with Crippen molar-refractivity contribution < 1.29 is 21.6 Å². The van der Waals surface area contributed by atoms with Gasteiger partial charge in [0.05, 0.1) is 22.3 Å². The minimum atomic E-state index is -3.72. The highest BCUT2D eigenvalue weighted by molar-refractivity contribution is 7.94. The van der Waals surface area contributed by atoms with Crippen molar-refractivity contribution in [3.8, 4) is 0 Å². The van der Waals surface area contributed by atoms with Crippen molar-refractivity contribution in [2.45, 2.75) is 18.4 Å². The SMILES string of the molecule is CC1CS(=O)(=O)N(c2ccc(S(=O)(=O)N3CCN(Cc4ccccc4)CC3)cc2)C1=O. The Hall–Kier alpha value is -2.27. The fraction of sp³-hybridized carbons (Fsp3) is 0.381. The zero-order valence-electron chi connectivity index (χ0n) is 17.2. The number of piperazine rings is 1. The van der Waals surface area contributed by atoms with Crippen LogP contribution in [0.25, 0.3) is 0 Å². The molecule has 2 fully saturated rings. The van der Waals surface area contributed by atoms with E-state index in [0.29, 0.717) is 26.2 Å². The van der Waals surface area contributed by atoms with Gasteiger partial charge >= 0.3 is 0 Å². The Morgan fingerprint density at radius 1 is 0.935 bits per heavy atom. The van der Waals surface area contributed by atoms with E-state index in [2.05, 4.69) is 17.0 Å². The van der Waals surface area contributed by atoms with Gasteiger partial charge in [-0.05, 0) is 29.8 Å². The molecule has 0 N–H and O–H groups in total. The van der Waals surface area contributed by atoms with Gasteiger partial charge in [-0.2, -0.15) is 4.31 Å². The van der Waals surface area contributed by atoms with Gasteiger partial charge in [0.2, 0.25) is 26.0 Å². The molecule has 8 nitrogen and oxygen atoms in total. The van der Waals surface area contributed by atoms with E-state index >= 15 is 0 Å². The van der Waals surface area contributed by atoms with Crippen LogP contribution in [0.2, 0.25) is 0 Å². The molecular formula is C21H25N3O5S2. The predicted molar refractivity (Wildman–Crippen MR) is 117 cm³/mol. The lowest BCUT2D eigenvalue weighted by molar-refractivity contribution is -0.119. The van der Waals surface area contributed by atoms with Crippen LogP contribution in [0.4, 0.5) is 5.69 Å². The third-order valence-electron chi connectivity index (χ3n) is 5.65. The van der Waals surface area contributed by atoms with E-state index in [-0.39, 0.29) is 16.3 Å². The van der Waals surface area contributed by atoms with Crippen molar-refractivity contribution in [1.82, 2.24) is 9.21 Å². The first kappa shape index (κ1) is 21.9. The molecule has 31 heavy (non-hydrogen) atoms. The van der Waals surface area contributed by atoms with Crippen molar-refractivity contribution in [3.63, 3.8) is 0 Å². The summed E-state index contributed by atoms with van der Waals surface area (Å²) in [5.41, 5.74) is 1.36. The Labute approximate surface area is 183 Å². The molecule has 1 unspecified atom stereocenters. The minimum Gasteiger partial charge on any atom is -0.296 e. The van der Waals surface area contributed by atoms with E-state index in [1.807, 2.05) is 18.2 Å². The van der Waals surface area contributed by atoms with Crippen LogP contribution in [-0.2, 0) is 31.4 Å². The number of amides is 1. The zero-order chi connectivity index (χ0) is 22.2. The lowest BCUT2D eigenvalue weighted by Gasteiger charge is -2.34. The van der Waals surface area contributed by atoms with Gasteiger partial charge < -0.3 is 0 Å². The summed E-state index contributed by atoms with van der Waals surface area (Å²) < 4.78 is 52.8. The number of benzene rings is 2. The molecule has 0 aromatic heterocycles. The summed E-state index contributed by atoms with van der Waals surface area (Å²) in [6.07, 6.45) is 0. The number of sulfonamides is 2. The molecule has 0 saturated carbocycles. The predicted octanol–water partition coefficient (Wildman–Crippen LogP) is 1.51. The fourth-order valence-electron chi connectivity index (χ4n) is 3.96. The molecule has 0 spiro atoms. The summed E-state index contributed by atoms with van der Waals surface area (Å²) >= 11 is 0. The van der Waals surface area contributed by atoms with Gasteiger partial charge in [0.15, 0.2) is 0 Å². The number of rotatable bonds is 5. The van der Waals surface area contributed by atoms with E-state index in [1.54, 1.807) is 6.92 Å². The van der Waals surface area contributed by atoms with Crippen molar-refractivity contribution in [2.75, 3.05) is 36.2 Å². The molecule has 2 saturated heterocycles. The smallest absolute Gasteiger partial charge is 0.244 e. The first-order valence-corrected chi connectivity index (χ1v) is 13.2. The second-order valence-electron chi connectivity index (χ2n) is 7.94. The summed E-state index contributed by atoms with van der Waals surface area (Å²) in [6.45, 7) is 4.37. The monoisotopic (exact) mass is 463 g/mol. The summed E-state index contributed by atoms with van der Waals surface area (Å²) in [5.74, 6) is -1.34.